The van der Waals surface area contributed by atoms with Crippen molar-refractivity contribution < 1.29 is 14.2 Å². The zero-order valence-electron chi connectivity index (χ0n) is 13.6. The van der Waals surface area contributed by atoms with Gasteiger partial charge in [-0.3, -0.25) is 4.90 Å². The Bertz CT molecular complexity index is 715. The Kier molecular flexibility index (Phi) is 5.39. The number of piperidine rings is 1. The predicted molar refractivity (Wildman–Crippen MR) is 93.9 cm³/mol. The number of hydrogen-bond donors (Lipinski definition) is 1. The van der Waals surface area contributed by atoms with Crippen LogP contribution in [0.1, 0.15) is 18.4 Å². The molecule has 1 N–H and O–H groups in total. The molecule has 1 saturated heterocycles. The van der Waals surface area contributed by atoms with Crippen LogP contribution in [0.4, 0.5) is 4.39 Å². The van der Waals surface area contributed by atoms with E-state index in [1.807, 2.05) is 18.2 Å². The molecule has 0 bridgehead atoms. The highest BCUT2D eigenvalue weighted by Gasteiger charge is 2.17. The predicted octanol–water partition coefficient (Wildman–Crippen LogP) is 4.11. The lowest BCUT2D eigenvalue weighted by Gasteiger charge is -2.29. The van der Waals surface area contributed by atoms with Crippen molar-refractivity contribution in [3.05, 3.63) is 52.8 Å². The number of aliphatic hydroxyl groups excluding tert-OH is 1. The fraction of sp³-hybridized carbons (Fsp3) is 0.368. The van der Waals surface area contributed by atoms with E-state index in [1.165, 1.54) is 6.07 Å². The molecule has 3 rings (SSSR count). The van der Waals surface area contributed by atoms with Crippen LogP contribution in [-0.2, 0) is 6.54 Å². The molecule has 0 atom stereocenters. The summed E-state index contributed by atoms with van der Waals surface area (Å²) in [6.45, 7) is 2.61. The lowest BCUT2D eigenvalue weighted by molar-refractivity contribution is 0.0792. The topological polar surface area (TPSA) is 32.7 Å². The number of ether oxygens (including phenoxy) is 1. The summed E-state index contributed by atoms with van der Waals surface area (Å²) in [4.78, 5) is 2.32. The van der Waals surface area contributed by atoms with Crippen molar-refractivity contribution >= 4 is 11.6 Å². The van der Waals surface area contributed by atoms with E-state index in [2.05, 4.69) is 4.90 Å². The molecule has 0 saturated carbocycles. The summed E-state index contributed by atoms with van der Waals surface area (Å²) in [5, 5.41) is 9.71. The van der Waals surface area contributed by atoms with Crippen molar-refractivity contribution in [2.45, 2.75) is 25.5 Å². The summed E-state index contributed by atoms with van der Waals surface area (Å²) in [6, 6.07) is 10.7. The maximum absolute atomic E-state index is 13.7. The van der Waals surface area contributed by atoms with Crippen molar-refractivity contribution in [3.8, 4) is 16.9 Å². The monoisotopic (exact) mass is 349 g/mol. The third-order valence-electron chi connectivity index (χ3n) is 4.46. The van der Waals surface area contributed by atoms with Crippen LogP contribution in [0.25, 0.3) is 11.1 Å². The zero-order chi connectivity index (χ0) is 17.1. The molecule has 3 nitrogen and oxygen atoms in total. The fourth-order valence-electron chi connectivity index (χ4n) is 3.07. The van der Waals surface area contributed by atoms with Gasteiger partial charge < -0.3 is 9.84 Å². The van der Waals surface area contributed by atoms with E-state index in [-0.39, 0.29) is 11.1 Å². The molecule has 1 aliphatic rings. The summed E-state index contributed by atoms with van der Waals surface area (Å²) >= 11 is 5.76. The highest BCUT2D eigenvalue weighted by atomic mass is 35.5. The molecule has 0 unspecified atom stereocenters. The number of benzene rings is 2. The maximum Gasteiger partial charge on any atom is 0.142 e. The second-order valence-electron chi connectivity index (χ2n) is 6.17. The first kappa shape index (κ1) is 17.2. The van der Waals surface area contributed by atoms with Gasteiger partial charge in [-0.2, -0.15) is 0 Å². The standard InChI is InChI=1S/C19H21ClFNO2/c1-24-19-10-13(12-22-8-6-15(23)7-9-22)2-4-16(19)14-3-5-17(20)18(21)11-14/h2-5,10-11,15,23H,6-9,12H2,1H3. The van der Waals surface area contributed by atoms with Gasteiger partial charge in [-0.05, 0) is 42.2 Å². The smallest absolute Gasteiger partial charge is 0.142 e. The molecule has 0 spiro atoms. The van der Waals surface area contributed by atoms with Gasteiger partial charge in [0.05, 0.1) is 18.2 Å². The molecule has 0 radical (unpaired) electrons. The third-order valence-corrected chi connectivity index (χ3v) is 4.77. The second kappa shape index (κ2) is 7.51. The van der Waals surface area contributed by atoms with Crippen LogP contribution < -0.4 is 4.74 Å². The van der Waals surface area contributed by atoms with Crippen LogP contribution >= 0.6 is 11.6 Å². The normalized spacial score (nSPS) is 16.3. The number of nitrogens with zero attached hydrogens (tertiary/aromatic N) is 1. The number of rotatable bonds is 4. The minimum absolute atomic E-state index is 0.113. The highest BCUT2D eigenvalue weighted by Crippen LogP contribution is 2.33. The van der Waals surface area contributed by atoms with Crippen LogP contribution in [0.15, 0.2) is 36.4 Å². The van der Waals surface area contributed by atoms with Gasteiger partial charge in [0.1, 0.15) is 11.6 Å². The van der Waals surface area contributed by atoms with Crippen LogP contribution in [0, 0.1) is 5.82 Å². The number of aliphatic hydroxyl groups is 1. The summed E-state index contributed by atoms with van der Waals surface area (Å²) in [5.41, 5.74) is 2.72. The van der Waals surface area contributed by atoms with E-state index >= 15 is 0 Å². The third kappa shape index (κ3) is 3.89. The van der Waals surface area contributed by atoms with E-state index in [1.54, 1.807) is 19.2 Å². The minimum atomic E-state index is -0.438. The first-order valence-electron chi connectivity index (χ1n) is 8.09. The molecule has 1 aliphatic heterocycles. The molecule has 5 heteroatoms. The highest BCUT2D eigenvalue weighted by molar-refractivity contribution is 6.30. The Hall–Kier alpha value is -1.62. The molecule has 0 amide bonds. The van der Waals surface area contributed by atoms with E-state index in [0.717, 1.165) is 49.2 Å². The second-order valence-corrected chi connectivity index (χ2v) is 6.58. The largest absolute Gasteiger partial charge is 0.496 e. The van der Waals surface area contributed by atoms with Crippen molar-refractivity contribution in [1.29, 1.82) is 0 Å². The molecular weight excluding hydrogens is 329 g/mol. The van der Waals surface area contributed by atoms with Gasteiger partial charge in [-0.1, -0.05) is 29.8 Å². The van der Waals surface area contributed by atoms with Gasteiger partial charge in [0.2, 0.25) is 0 Å². The quantitative estimate of drug-likeness (QED) is 0.901. The molecule has 1 heterocycles. The average Bonchev–Trinajstić information content (AvgIpc) is 2.59. The van der Waals surface area contributed by atoms with Crippen molar-refractivity contribution in [2.75, 3.05) is 20.2 Å². The van der Waals surface area contributed by atoms with Gasteiger partial charge >= 0.3 is 0 Å². The summed E-state index contributed by atoms with van der Waals surface area (Å²) in [6.07, 6.45) is 1.47. The van der Waals surface area contributed by atoms with Crippen molar-refractivity contribution in [2.24, 2.45) is 0 Å². The first-order valence-corrected chi connectivity index (χ1v) is 8.47. The van der Waals surface area contributed by atoms with Crippen molar-refractivity contribution in [3.63, 3.8) is 0 Å². The van der Waals surface area contributed by atoms with Crippen molar-refractivity contribution in [1.82, 2.24) is 4.90 Å². The van der Waals surface area contributed by atoms with Gasteiger partial charge in [0, 0.05) is 25.2 Å². The molecule has 0 aliphatic carbocycles. The van der Waals surface area contributed by atoms with E-state index in [0.29, 0.717) is 5.75 Å². The Morgan fingerprint density at radius 2 is 1.96 bits per heavy atom. The molecule has 2 aromatic rings. The molecular formula is C19H21ClFNO2. The Balaban J connectivity index is 1.81. The Labute approximate surface area is 146 Å². The zero-order valence-corrected chi connectivity index (χ0v) is 14.4. The SMILES string of the molecule is COc1cc(CN2CCC(O)CC2)ccc1-c1ccc(Cl)c(F)c1. The lowest BCUT2D eigenvalue weighted by atomic mass is 10.0. The van der Waals surface area contributed by atoms with Crippen LogP contribution in [0.2, 0.25) is 5.02 Å². The van der Waals surface area contributed by atoms with E-state index < -0.39 is 5.82 Å². The van der Waals surface area contributed by atoms with Gasteiger partial charge in [-0.25, -0.2) is 4.39 Å². The summed E-state index contributed by atoms with van der Waals surface area (Å²) in [7, 11) is 1.62. The van der Waals surface area contributed by atoms with Gasteiger partial charge in [0.15, 0.2) is 0 Å². The van der Waals surface area contributed by atoms with Crippen LogP contribution in [0.3, 0.4) is 0 Å². The Morgan fingerprint density at radius 1 is 1.21 bits per heavy atom. The molecule has 0 aromatic heterocycles. The Morgan fingerprint density at radius 3 is 2.62 bits per heavy atom. The number of halogens is 2. The number of hydrogen-bond acceptors (Lipinski definition) is 3. The minimum Gasteiger partial charge on any atom is -0.496 e. The summed E-state index contributed by atoms with van der Waals surface area (Å²) < 4.78 is 19.2. The van der Waals surface area contributed by atoms with Crippen LogP contribution in [-0.4, -0.2) is 36.3 Å². The first-order chi connectivity index (χ1) is 11.6. The van der Waals surface area contributed by atoms with Gasteiger partial charge in [-0.15, -0.1) is 0 Å². The maximum atomic E-state index is 13.7. The lowest BCUT2D eigenvalue weighted by Crippen LogP contribution is -2.35. The number of likely N-dealkylation sites (tertiary alicyclic amines) is 1. The fourth-order valence-corrected chi connectivity index (χ4v) is 3.19. The molecule has 1 fully saturated rings. The van der Waals surface area contributed by atoms with Gasteiger partial charge in [0.25, 0.3) is 0 Å². The molecule has 2 aromatic carbocycles. The van der Waals surface area contributed by atoms with Crippen LogP contribution in [0.5, 0.6) is 5.75 Å². The van der Waals surface area contributed by atoms with E-state index in [9.17, 15) is 9.50 Å². The number of methoxy groups -OCH3 is 1. The van der Waals surface area contributed by atoms with E-state index in [4.69, 9.17) is 16.3 Å². The summed E-state index contributed by atoms with van der Waals surface area (Å²) in [5.74, 6) is 0.276. The molecule has 128 valence electrons. The average molecular weight is 350 g/mol. The molecule has 24 heavy (non-hydrogen) atoms.